The molecule has 3 aliphatic carbocycles. The molecule has 0 radical (unpaired) electrons. The molecule has 13 heteroatoms. The summed E-state index contributed by atoms with van der Waals surface area (Å²) in [5.74, 6) is -0.627. The number of carbonyl (C=O) groups is 2. The zero-order valence-corrected chi connectivity index (χ0v) is 43.1. The summed E-state index contributed by atoms with van der Waals surface area (Å²) < 4.78 is 26.5. The van der Waals surface area contributed by atoms with Crippen LogP contribution >= 0.6 is 0 Å². The second-order valence-electron chi connectivity index (χ2n) is 21.1. The van der Waals surface area contributed by atoms with Crippen LogP contribution in [0.25, 0.3) is 0 Å². The van der Waals surface area contributed by atoms with E-state index in [0.29, 0.717) is 43.2 Å². The van der Waals surface area contributed by atoms with Crippen LogP contribution in [0.5, 0.6) is 11.5 Å². The topological polar surface area (TPSA) is 169 Å². The number of unbranched alkanes of at least 4 members (excludes halogenated alkanes) is 11. The molecule has 1 heterocycles. The van der Waals surface area contributed by atoms with Gasteiger partial charge in [0.1, 0.15) is 23.1 Å². The van der Waals surface area contributed by atoms with Crippen LogP contribution < -0.4 is 14.8 Å². The van der Waals surface area contributed by atoms with Gasteiger partial charge in [0, 0.05) is 50.6 Å². The number of amides is 2. The molecule has 0 bridgehead atoms. The van der Waals surface area contributed by atoms with Crippen molar-refractivity contribution in [2.75, 3.05) is 52.7 Å². The summed E-state index contributed by atoms with van der Waals surface area (Å²) in [6, 6.07) is 4.92. The summed E-state index contributed by atoms with van der Waals surface area (Å²) in [4.78, 5) is 36.5. The molecule has 69 heavy (non-hydrogen) atoms. The van der Waals surface area contributed by atoms with Crippen molar-refractivity contribution in [3.8, 4) is 11.5 Å². The molecule has 5 rings (SSSR count). The van der Waals surface area contributed by atoms with E-state index in [4.69, 9.17) is 28.9 Å². The van der Waals surface area contributed by atoms with Gasteiger partial charge in [-0.2, -0.15) is 0 Å². The van der Waals surface area contributed by atoms with Gasteiger partial charge in [0.05, 0.1) is 38.1 Å². The summed E-state index contributed by atoms with van der Waals surface area (Å²) in [5.41, 5.74) is 1.94. The molecular weight excluding hydrogens is 875 g/mol. The maximum absolute atomic E-state index is 15.0. The number of nitrogens with zero attached hydrogens (tertiary/aromatic N) is 2. The lowest BCUT2D eigenvalue weighted by Gasteiger charge is -2.60. The van der Waals surface area contributed by atoms with Crippen molar-refractivity contribution in [1.29, 1.82) is 0 Å². The summed E-state index contributed by atoms with van der Waals surface area (Å²) in [6.07, 6.45) is 26.3. The number of ether oxygens (including phenoxy) is 4. The van der Waals surface area contributed by atoms with E-state index in [2.05, 4.69) is 24.9 Å². The van der Waals surface area contributed by atoms with Crippen LogP contribution in [0.3, 0.4) is 0 Å². The lowest BCUT2D eigenvalue weighted by molar-refractivity contribution is -0.258. The Morgan fingerprint density at radius 3 is 2.26 bits per heavy atom. The summed E-state index contributed by atoms with van der Waals surface area (Å²) in [6.45, 7) is 13.5. The maximum Gasteiger partial charge on any atom is 0.412 e. The van der Waals surface area contributed by atoms with E-state index in [9.17, 15) is 24.9 Å². The minimum Gasteiger partial charge on any atom is -0.459 e. The number of fused-ring (bicyclic) bond motifs is 2. The van der Waals surface area contributed by atoms with Gasteiger partial charge in [-0.3, -0.25) is 4.79 Å². The SMILES string of the molecule is C=CCOC12Oc3ccc(OC(=O)NCCCCCCCCCCCC)cc3C3C(CCCCO)C(CCCCO)C=C(C(=NOC(C)(C)C)CC1N(CCOCCO)C(=O)CCC1CCCC1)C32. The number of oxime groups is 1. The Morgan fingerprint density at radius 1 is 0.899 bits per heavy atom. The van der Waals surface area contributed by atoms with Gasteiger partial charge in [-0.05, 0) is 101 Å². The first-order valence-corrected chi connectivity index (χ1v) is 27.2. The highest BCUT2D eigenvalue weighted by atomic mass is 16.7. The van der Waals surface area contributed by atoms with Gasteiger partial charge in [-0.15, -0.1) is 6.58 Å². The molecule has 6 atom stereocenters. The quantitative estimate of drug-likeness (QED) is 0.0302. The predicted molar refractivity (Wildman–Crippen MR) is 272 cm³/mol. The van der Waals surface area contributed by atoms with E-state index >= 15 is 0 Å². The summed E-state index contributed by atoms with van der Waals surface area (Å²) >= 11 is 0. The molecule has 13 nitrogen and oxygen atoms in total. The number of allylic oxidation sites excluding steroid dienone is 1. The minimum absolute atomic E-state index is 0.0136. The van der Waals surface area contributed by atoms with Crippen molar-refractivity contribution in [1.82, 2.24) is 10.2 Å². The van der Waals surface area contributed by atoms with Gasteiger partial charge in [-0.25, -0.2) is 4.79 Å². The Labute approximate surface area is 415 Å². The highest BCUT2D eigenvalue weighted by Gasteiger charge is 2.65. The molecule has 6 unspecified atom stereocenters. The molecule has 1 aromatic carbocycles. The van der Waals surface area contributed by atoms with Gasteiger partial charge in [-0.1, -0.05) is 121 Å². The fraction of sp³-hybridized carbons (Fsp3) is 0.768. The van der Waals surface area contributed by atoms with Crippen LogP contribution in [0, 0.1) is 23.7 Å². The van der Waals surface area contributed by atoms with Crippen molar-refractivity contribution >= 4 is 17.7 Å². The fourth-order valence-corrected chi connectivity index (χ4v) is 11.4. The number of benzene rings is 1. The van der Waals surface area contributed by atoms with E-state index in [1.165, 1.54) is 57.8 Å². The first-order valence-electron chi connectivity index (χ1n) is 27.2. The van der Waals surface area contributed by atoms with Crippen LogP contribution in [-0.4, -0.2) is 108 Å². The van der Waals surface area contributed by atoms with Gasteiger partial charge in [0.25, 0.3) is 0 Å². The number of carbonyl (C=O) groups excluding carboxylic acids is 2. The number of nitrogens with one attached hydrogen (secondary N) is 1. The van der Waals surface area contributed by atoms with Crippen molar-refractivity contribution in [2.24, 2.45) is 28.8 Å². The molecule has 390 valence electrons. The van der Waals surface area contributed by atoms with E-state index in [1.807, 2.05) is 37.8 Å². The third-order valence-corrected chi connectivity index (χ3v) is 14.7. The molecule has 4 N–H and O–H groups in total. The lowest BCUT2D eigenvalue weighted by atomic mass is 9.55. The van der Waals surface area contributed by atoms with Crippen LogP contribution in [0.2, 0.25) is 0 Å². The molecule has 0 saturated heterocycles. The summed E-state index contributed by atoms with van der Waals surface area (Å²) in [5, 5.41) is 37.6. The predicted octanol–water partition coefficient (Wildman–Crippen LogP) is 10.9. The fourth-order valence-electron chi connectivity index (χ4n) is 11.4. The standard InChI is InChI=1S/C56H91N3O10/c1-6-8-9-10-11-12-13-14-15-20-31-57-54(64)67-44-28-29-49-47(40-44)52-45(26-19-22-34-61)43(25-18-21-33-60)39-46-48(58-69-55(3,4)5)41-50(56(68-49,53(46)52)66-36-7-2)59(32-37-65-38-35-62)51(63)30-27-42-23-16-17-24-42/h7,28-29,39-40,42-43,45,50,52-53,60-62H,2,6,8-27,30-38,41H2,1,3-5H3,(H,57,64). The molecule has 2 fully saturated rings. The Bertz CT molecular complexity index is 1760. The van der Waals surface area contributed by atoms with Crippen molar-refractivity contribution in [2.45, 2.75) is 199 Å². The van der Waals surface area contributed by atoms with Crippen molar-refractivity contribution < 1.29 is 48.7 Å². The molecule has 0 spiro atoms. The number of aliphatic hydroxyl groups is 3. The molecule has 2 amide bonds. The first-order chi connectivity index (χ1) is 33.5. The average molecular weight is 966 g/mol. The Morgan fingerprint density at radius 2 is 1.59 bits per heavy atom. The molecule has 2 saturated carbocycles. The highest BCUT2D eigenvalue weighted by molar-refractivity contribution is 6.03. The van der Waals surface area contributed by atoms with Gasteiger partial charge in [0.2, 0.25) is 11.7 Å². The van der Waals surface area contributed by atoms with Crippen LogP contribution in [0.1, 0.15) is 187 Å². The highest BCUT2D eigenvalue weighted by Crippen LogP contribution is 2.62. The molecule has 0 aromatic heterocycles. The molecular formula is C56H91N3O10. The molecule has 4 aliphatic rings. The zero-order chi connectivity index (χ0) is 49.5. The second-order valence-corrected chi connectivity index (χ2v) is 21.1. The van der Waals surface area contributed by atoms with Crippen molar-refractivity contribution in [3.05, 3.63) is 48.1 Å². The maximum atomic E-state index is 15.0. The monoisotopic (exact) mass is 966 g/mol. The van der Waals surface area contributed by atoms with Crippen molar-refractivity contribution in [3.63, 3.8) is 0 Å². The second kappa shape index (κ2) is 29.8. The van der Waals surface area contributed by atoms with E-state index in [1.54, 1.807) is 12.1 Å². The largest absolute Gasteiger partial charge is 0.459 e. The Hall–Kier alpha value is -3.49. The Kier molecular flexibility index (Phi) is 24.3. The smallest absolute Gasteiger partial charge is 0.412 e. The normalized spacial score (nSPS) is 23.7. The van der Waals surface area contributed by atoms with Crippen LogP contribution in [0.4, 0.5) is 4.79 Å². The zero-order valence-electron chi connectivity index (χ0n) is 43.1. The van der Waals surface area contributed by atoms with Crippen LogP contribution in [-0.2, 0) is 19.1 Å². The van der Waals surface area contributed by atoms with E-state index in [0.717, 1.165) is 81.1 Å². The number of rotatable bonds is 33. The third-order valence-electron chi connectivity index (χ3n) is 14.7. The summed E-state index contributed by atoms with van der Waals surface area (Å²) in [7, 11) is 0. The number of hydrogen-bond acceptors (Lipinski definition) is 11. The van der Waals surface area contributed by atoms with Gasteiger partial charge < -0.3 is 49.3 Å². The lowest BCUT2D eigenvalue weighted by Crippen LogP contribution is -2.70. The molecule has 1 aromatic rings. The first kappa shape index (κ1) is 56.4. The number of aliphatic hydroxyl groups excluding tert-OH is 3. The van der Waals surface area contributed by atoms with Gasteiger partial charge >= 0.3 is 6.09 Å². The third kappa shape index (κ3) is 16.8. The Balaban J connectivity index is 1.57. The van der Waals surface area contributed by atoms with Gasteiger partial charge in [0.15, 0.2) is 0 Å². The van der Waals surface area contributed by atoms with E-state index < -0.39 is 29.4 Å². The molecule has 1 aliphatic heterocycles. The number of hydrogen-bond donors (Lipinski definition) is 4. The minimum atomic E-state index is -1.42. The van der Waals surface area contributed by atoms with Crippen LogP contribution in [0.15, 0.2) is 47.7 Å². The average Bonchev–Trinajstić information content (AvgIpc) is 3.86. The van der Waals surface area contributed by atoms with E-state index in [-0.39, 0.29) is 76.3 Å².